The lowest BCUT2D eigenvalue weighted by molar-refractivity contribution is 0.241. The number of hydrogen-bond donors (Lipinski definition) is 3. The minimum atomic E-state index is -0.210. The van der Waals surface area contributed by atoms with Crippen LogP contribution in [0.3, 0.4) is 0 Å². The van der Waals surface area contributed by atoms with Crippen molar-refractivity contribution in [2.24, 2.45) is 5.92 Å². The first-order valence-corrected chi connectivity index (χ1v) is 8.21. The van der Waals surface area contributed by atoms with Crippen LogP contribution in [-0.4, -0.2) is 36.4 Å². The molecule has 2 amide bonds. The highest BCUT2D eigenvalue weighted by Gasteiger charge is 2.38. The van der Waals surface area contributed by atoms with Gasteiger partial charge in [0.25, 0.3) is 0 Å². The standard InChI is InChI=1S/C17H25N3O2/c1-12(8-9-21)18-17(22)19-15-4-2-3-5-16(15)20-11-13-6-7-14(20)10-13/h2-5,12-14,21H,6-11H2,1H3,(H2,18,19,22). The van der Waals surface area contributed by atoms with Crippen molar-refractivity contribution in [3.8, 4) is 0 Å². The Kier molecular flexibility index (Phi) is 4.52. The van der Waals surface area contributed by atoms with E-state index < -0.39 is 0 Å². The highest BCUT2D eigenvalue weighted by atomic mass is 16.3. The number of piperidine rings is 1. The number of nitrogens with one attached hydrogen (secondary N) is 2. The SMILES string of the molecule is CC(CCO)NC(=O)Nc1ccccc1N1CC2CCC1C2. The quantitative estimate of drug-likeness (QED) is 0.783. The molecule has 3 rings (SSSR count). The van der Waals surface area contributed by atoms with Crippen molar-refractivity contribution in [1.29, 1.82) is 0 Å². The number of para-hydroxylation sites is 2. The van der Waals surface area contributed by atoms with Crippen molar-refractivity contribution < 1.29 is 9.90 Å². The van der Waals surface area contributed by atoms with Crippen molar-refractivity contribution in [2.75, 3.05) is 23.4 Å². The topological polar surface area (TPSA) is 64.6 Å². The summed E-state index contributed by atoms with van der Waals surface area (Å²) in [5, 5.41) is 14.7. The summed E-state index contributed by atoms with van der Waals surface area (Å²) in [5.74, 6) is 0.816. The highest BCUT2D eigenvalue weighted by molar-refractivity contribution is 5.93. The van der Waals surface area contributed by atoms with Gasteiger partial charge in [0, 0.05) is 25.2 Å². The van der Waals surface area contributed by atoms with Gasteiger partial charge >= 0.3 is 6.03 Å². The average Bonchev–Trinajstić information content (AvgIpc) is 3.10. The molecule has 1 aliphatic heterocycles. The lowest BCUT2D eigenvalue weighted by Crippen LogP contribution is -2.37. The van der Waals surface area contributed by atoms with E-state index in [4.69, 9.17) is 5.11 Å². The minimum Gasteiger partial charge on any atom is -0.396 e. The Morgan fingerprint density at radius 1 is 1.41 bits per heavy atom. The first-order valence-electron chi connectivity index (χ1n) is 8.21. The zero-order valence-corrected chi connectivity index (χ0v) is 13.1. The van der Waals surface area contributed by atoms with E-state index in [9.17, 15) is 4.79 Å². The molecular formula is C17H25N3O2. The summed E-state index contributed by atoms with van der Waals surface area (Å²) in [6.07, 6.45) is 4.45. The number of aliphatic hydroxyl groups excluding tert-OH is 1. The largest absolute Gasteiger partial charge is 0.396 e. The van der Waals surface area contributed by atoms with Crippen molar-refractivity contribution in [3.05, 3.63) is 24.3 Å². The molecular weight excluding hydrogens is 278 g/mol. The monoisotopic (exact) mass is 303 g/mol. The lowest BCUT2D eigenvalue weighted by atomic mass is 10.1. The number of anilines is 2. The number of urea groups is 1. The van der Waals surface area contributed by atoms with Crippen molar-refractivity contribution in [1.82, 2.24) is 5.32 Å². The molecule has 0 spiro atoms. The van der Waals surface area contributed by atoms with Gasteiger partial charge < -0.3 is 20.6 Å². The number of rotatable bonds is 5. The molecule has 120 valence electrons. The summed E-state index contributed by atoms with van der Waals surface area (Å²) >= 11 is 0. The summed E-state index contributed by atoms with van der Waals surface area (Å²) < 4.78 is 0. The van der Waals surface area contributed by atoms with Crippen LogP contribution in [0.4, 0.5) is 16.2 Å². The number of carbonyl (C=O) groups is 1. The molecule has 3 unspecified atom stereocenters. The van der Waals surface area contributed by atoms with Crippen molar-refractivity contribution >= 4 is 17.4 Å². The number of aliphatic hydroxyl groups is 1. The molecule has 2 fully saturated rings. The molecule has 2 bridgehead atoms. The third-order valence-corrected chi connectivity index (χ3v) is 4.81. The molecule has 1 aromatic rings. The van der Waals surface area contributed by atoms with Gasteiger partial charge in [-0.2, -0.15) is 0 Å². The predicted molar refractivity (Wildman–Crippen MR) is 88.2 cm³/mol. The number of benzene rings is 1. The first kappa shape index (κ1) is 15.2. The summed E-state index contributed by atoms with van der Waals surface area (Å²) in [6, 6.07) is 8.40. The minimum absolute atomic E-state index is 0.0417. The predicted octanol–water partition coefficient (Wildman–Crippen LogP) is 2.57. The van der Waals surface area contributed by atoms with Crippen LogP contribution in [0.15, 0.2) is 24.3 Å². The van der Waals surface area contributed by atoms with E-state index in [1.54, 1.807) is 0 Å². The number of nitrogens with zero attached hydrogens (tertiary/aromatic N) is 1. The molecule has 1 saturated carbocycles. The van der Waals surface area contributed by atoms with E-state index in [-0.39, 0.29) is 18.7 Å². The Labute approximate surface area is 131 Å². The maximum atomic E-state index is 12.1. The zero-order chi connectivity index (χ0) is 15.5. The molecule has 0 radical (unpaired) electrons. The van der Waals surface area contributed by atoms with Crippen LogP contribution in [-0.2, 0) is 0 Å². The van der Waals surface area contributed by atoms with Crippen LogP contribution in [0.5, 0.6) is 0 Å². The molecule has 5 heteroatoms. The fourth-order valence-corrected chi connectivity index (χ4v) is 3.70. The average molecular weight is 303 g/mol. The van der Waals surface area contributed by atoms with Crippen LogP contribution in [0.2, 0.25) is 0 Å². The molecule has 1 aliphatic carbocycles. The molecule has 1 saturated heterocycles. The van der Waals surface area contributed by atoms with E-state index in [1.807, 2.05) is 25.1 Å². The molecule has 5 nitrogen and oxygen atoms in total. The maximum Gasteiger partial charge on any atom is 0.319 e. The Bertz CT molecular complexity index is 534. The second-order valence-electron chi connectivity index (χ2n) is 6.51. The van der Waals surface area contributed by atoms with E-state index in [0.29, 0.717) is 12.5 Å². The van der Waals surface area contributed by atoms with Gasteiger partial charge in [-0.05, 0) is 50.7 Å². The highest BCUT2D eigenvalue weighted by Crippen LogP contribution is 2.42. The number of fused-ring (bicyclic) bond motifs is 2. The third kappa shape index (κ3) is 3.19. The van der Waals surface area contributed by atoms with Crippen molar-refractivity contribution in [3.63, 3.8) is 0 Å². The Morgan fingerprint density at radius 3 is 2.91 bits per heavy atom. The molecule has 2 aliphatic rings. The lowest BCUT2D eigenvalue weighted by Gasteiger charge is -2.31. The van der Waals surface area contributed by atoms with Crippen LogP contribution < -0.4 is 15.5 Å². The Balaban J connectivity index is 1.68. The summed E-state index contributed by atoms with van der Waals surface area (Å²) in [5.41, 5.74) is 1.99. The number of hydrogen-bond acceptors (Lipinski definition) is 3. The van der Waals surface area contributed by atoms with Crippen LogP contribution in [0.1, 0.15) is 32.6 Å². The second-order valence-corrected chi connectivity index (χ2v) is 6.51. The second kappa shape index (κ2) is 6.57. The third-order valence-electron chi connectivity index (χ3n) is 4.81. The fourth-order valence-electron chi connectivity index (χ4n) is 3.70. The molecule has 22 heavy (non-hydrogen) atoms. The van der Waals surface area contributed by atoms with Gasteiger partial charge in [0.2, 0.25) is 0 Å². The van der Waals surface area contributed by atoms with E-state index in [2.05, 4.69) is 21.6 Å². The Hall–Kier alpha value is -1.75. The number of amides is 2. The molecule has 1 aromatic carbocycles. The number of carbonyl (C=O) groups excluding carboxylic acids is 1. The fraction of sp³-hybridized carbons (Fsp3) is 0.588. The molecule has 0 aromatic heterocycles. The van der Waals surface area contributed by atoms with Crippen LogP contribution in [0.25, 0.3) is 0 Å². The molecule has 3 atom stereocenters. The van der Waals surface area contributed by atoms with Crippen molar-refractivity contribution in [2.45, 2.75) is 44.7 Å². The van der Waals surface area contributed by atoms with Gasteiger partial charge in [-0.3, -0.25) is 0 Å². The van der Waals surface area contributed by atoms with E-state index in [1.165, 1.54) is 19.3 Å². The normalized spacial score (nSPS) is 24.4. The molecule has 3 N–H and O–H groups in total. The van der Waals surface area contributed by atoms with Gasteiger partial charge in [-0.25, -0.2) is 4.79 Å². The Morgan fingerprint density at radius 2 is 2.23 bits per heavy atom. The van der Waals surface area contributed by atoms with Gasteiger partial charge in [0.1, 0.15) is 0 Å². The van der Waals surface area contributed by atoms with E-state index in [0.717, 1.165) is 23.8 Å². The van der Waals surface area contributed by atoms with E-state index >= 15 is 0 Å². The summed E-state index contributed by atoms with van der Waals surface area (Å²) in [7, 11) is 0. The summed E-state index contributed by atoms with van der Waals surface area (Å²) in [6.45, 7) is 3.07. The van der Waals surface area contributed by atoms with Crippen LogP contribution >= 0.6 is 0 Å². The molecule has 1 heterocycles. The van der Waals surface area contributed by atoms with Gasteiger partial charge in [-0.15, -0.1) is 0 Å². The smallest absolute Gasteiger partial charge is 0.319 e. The summed E-state index contributed by atoms with van der Waals surface area (Å²) in [4.78, 5) is 14.5. The zero-order valence-electron chi connectivity index (χ0n) is 13.1. The van der Waals surface area contributed by atoms with Crippen LogP contribution in [0, 0.1) is 5.92 Å². The maximum absolute atomic E-state index is 12.1. The first-order chi connectivity index (χ1) is 10.7. The van der Waals surface area contributed by atoms with Gasteiger partial charge in [-0.1, -0.05) is 12.1 Å². The van der Waals surface area contributed by atoms with Gasteiger partial charge in [0.15, 0.2) is 0 Å². The van der Waals surface area contributed by atoms with Gasteiger partial charge in [0.05, 0.1) is 11.4 Å².